The lowest BCUT2D eigenvalue weighted by molar-refractivity contribution is 0.0526. The number of nitrogens with one attached hydrogen (secondary N) is 1. The number of hydrogen-bond acceptors (Lipinski definition) is 7. The standard InChI is InChI=1S/C23H23FN4O4/c1-13-15(3-4-16-17(13)12-32-23(16)31)21(29)11-28-7-6-19(18(24)10-28)27-22(30)20-5-2-14(8-25)9-26-20/h2-5,9,18-19,21,29H,6-7,10-12H2,1H3,(H,27,30)/t18-,19-,21-/m0/s1. The van der Waals surface area contributed by atoms with E-state index in [0.29, 0.717) is 29.7 Å². The molecule has 2 aliphatic heterocycles. The zero-order chi connectivity index (χ0) is 22.8. The maximum absolute atomic E-state index is 14.8. The largest absolute Gasteiger partial charge is 0.457 e. The fourth-order valence-electron chi connectivity index (χ4n) is 4.20. The molecule has 2 aromatic rings. The molecule has 3 heterocycles. The molecular weight excluding hydrogens is 415 g/mol. The number of nitriles is 1. The highest BCUT2D eigenvalue weighted by Crippen LogP contribution is 2.30. The van der Waals surface area contributed by atoms with Gasteiger partial charge in [-0.05, 0) is 42.7 Å². The van der Waals surface area contributed by atoms with Crippen LogP contribution >= 0.6 is 0 Å². The third-order valence-corrected chi connectivity index (χ3v) is 6.07. The van der Waals surface area contributed by atoms with Crippen LogP contribution in [0.4, 0.5) is 4.39 Å². The van der Waals surface area contributed by atoms with Crippen LogP contribution in [0.15, 0.2) is 30.5 Å². The predicted octanol–water partition coefficient (Wildman–Crippen LogP) is 1.81. The highest BCUT2D eigenvalue weighted by Gasteiger charge is 2.32. The van der Waals surface area contributed by atoms with E-state index in [9.17, 15) is 19.1 Å². The third-order valence-electron chi connectivity index (χ3n) is 6.07. The van der Waals surface area contributed by atoms with Crippen molar-refractivity contribution in [3.05, 3.63) is 64.0 Å². The van der Waals surface area contributed by atoms with E-state index in [1.54, 1.807) is 12.1 Å². The van der Waals surface area contributed by atoms with Crippen LogP contribution in [0.1, 0.15) is 55.6 Å². The Morgan fingerprint density at radius 3 is 2.94 bits per heavy atom. The van der Waals surface area contributed by atoms with Gasteiger partial charge in [-0.2, -0.15) is 5.26 Å². The number of halogens is 1. The summed E-state index contributed by atoms with van der Waals surface area (Å²) in [7, 11) is 0. The summed E-state index contributed by atoms with van der Waals surface area (Å²) in [6.07, 6.45) is -0.446. The molecule has 1 amide bonds. The van der Waals surface area contributed by atoms with E-state index in [1.165, 1.54) is 18.3 Å². The van der Waals surface area contributed by atoms with E-state index in [-0.39, 0.29) is 31.4 Å². The van der Waals surface area contributed by atoms with Gasteiger partial charge in [-0.3, -0.25) is 9.69 Å². The molecule has 9 heteroatoms. The van der Waals surface area contributed by atoms with Gasteiger partial charge in [-0.15, -0.1) is 0 Å². The Hall–Kier alpha value is -3.35. The number of cyclic esters (lactones) is 1. The Labute approximate surface area is 184 Å². The third kappa shape index (κ3) is 4.33. The van der Waals surface area contributed by atoms with Gasteiger partial charge in [0.1, 0.15) is 24.5 Å². The number of alkyl halides is 1. The monoisotopic (exact) mass is 438 g/mol. The van der Waals surface area contributed by atoms with Gasteiger partial charge in [0.15, 0.2) is 0 Å². The molecule has 0 radical (unpaired) electrons. The van der Waals surface area contributed by atoms with Crippen molar-refractivity contribution < 1.29 is 23.8 Å². The highest BCUT2D eigenvalue weighted by molar-refractivity contribution is 5.94. The number of hydrogen-bond donors (Lipinski definition) is 2. The van der Waals surface area contributed by atoms with Crippen molar-refractivity contribution in [1.82, 2.24) is 15.2 Å². The number of piperidine rings is 1. The molecule has 3 atom stereocenters. The lowest BCUT2D eigenvalue weighted by Crippen LogP contribution is -2.53. The first-order valence-corrected chi connectivity index (χ1v) is 10.4. The van der Waals surface area contributed by atoms with Crippen LogP contribution in [-0.2, 0) is 11.3 Å². The average Bonchev–Trinajstić information content (AvgIpc) is 3.17. The van der Waals surface area contributed by atoms with E-state index >= 15 is 0 Å². The number of pyridine rings is 1. The molecule has 0 spiro atoms. The van der Waals surface area contributed by atoms with Crippen molar-refractivity contribution >= 4 is 11.9 Å². The number of ether oxygens (including phenoxy) is 1. The number of aromatic nitrogens is 1. The predicted molar refractivity (Wildman–Crippen MR) is 111 cm³/mol. The first-order valence-electron chi connectivity index (χ1n) is 10.4. The van der Waals surface area contributed by atoms with Crippen LogP contribution in [-0.4, -0.2) is 58.7 Å². The second kappa shape index (κ2) is 9.02. The number of rotatable bonds is 5. The van der Waals surface area contributed by atoms with Crippen molar-refractivity contribution in [2.75, 3.05) is 19.6 Å². The summed E-state index contributed by atoms with van der Waals surface area (Å²) in [5.74, 6) is -0.842. The fourth-order valence-corrected chi connectivity index (χ4v) is 4.20. The number of likely N-dealkylation sites (tertiary alicyclic amines) is 1. The summed E-state index contributed by atoms with van der Waals surface area (Å²) in [5.41, 5.74) is 3.29. The lowest BCUT2D eigenvalue weighted by atomic mass is 9.94. The van der Waals surface area contributed by atoms with E-state index < -0.39 is 24.2 Å². The smallest absolute Gasteiger partial charge is 0.338 e. The molecule has 0 unspecified atom stereocenters. The summed E-state index contributed by atoms with van der Waals surface area (Å²) in [6.45, 7) is 2.87. The van der Waals surface area contributed by atoms with Gasteiger partial charge < -0.3 is 15.2 Å². The molecular formula is C23H23FN4O4. The Bertz CT molecular complexity index is 1080. The van der Waals surface area contributed by atoms with Crippen molar-refractivity contribution in [1.29, 1.82) is 5.26 Å². The number of carbonyl (C=O) groups excluding carboxylic acids is 2. The molecule has 0 bridgehead atoms. The minimum Gasteiger partial charge on any atom is -0.457 e. The number of benzene rings is 1. The first-order chi connectivity index (χ1) is 15.4. The molecule has 1 saturated heterocycles. The quantitative estimate of drug-likeness (QED) is 0.684. The van der Waals surface area contributed by atoms with Gasteiger partial charge in [0.05, 0.1) is 23.3 Å². The molecule has 4 rings (SSSR count). The van der Waals surface area contributed by atoms with Gasteiger partial charge in [0, 0.05) is 31.4 Å². The average molecular weight is 438 g/mol. The molecule has 0 saturated carbocycles. The fraction of sp³-hybridized carbons (Fsp3) is 0.391. The number of β-amino-alcohol motifs (C(OH)–C–C–N with tert-alkyl or cyclic N) is 1. The Balaban J connectivity index is 1.34. The minimum atomic E-state index is -1.30. The summed E-state index contributed by atoms with van der Waals surface area (Å²) < 4.78 is 19.8. The van der Waals surface area contributed by atoms with Crippen LogP contribution in [0.5, 0.6) is 0 Å². The highest BCUT2D eigenvalue weighted by atomic mass is 19.1. The number of esters is 1. The Kier molecular flexibility index (Phi) is 6.17. The van der Waals surface area contributed by atoms with Crippen molar-refractivity contribution in [2.24, 2.45) is 0 Å². The molecule has 1 fully saturated rings. The summed E-state index contributed by atoms with van der Waals surface area (Å²) in [6, 6.07) is 7.58. The molecule has 32 heavy (non-hydrogen) atoms. The van der Waals surface area contributed by atoms with Crippen LogP contribution in [0.3, 0.4) is 0 Å². The Morgan fingerprint density at radius 2 is 2.25 bits per heavy atom. The Morgan fingerprint density at radius 1 is 1.44 bits per heavy atom. The lowest BCUT2D eigenvalue weighted by Gasteiger charge is -2.36. The number of aliphatic hydroxyl groups excluding tert-OH is 1. The van der Waals surface area contributed by atoms with Crippen LogP contribution in [0.2, 0.25) is 0 Å². The van der Waals surface area contributed by atoms with Crippen molar-refractivity contribution in [3.8, 4) is 6.07 Å². The first kappa shape index (κ1) is 21.9. The van der Waals surface area contributed by atoms with Crippen LogP contribution < -0.4 is 5.32 Å². The maximum Gasteiger partial charge on any atom is 0.338 e. The topological polar surface area (TPSA) is 116 Å². The van der Waals surface area contributed by atoms with Gasteiger partial charge >= 0.3 is 5.97 Å². The van der Waals surface area contributed by atoms with E-state index in [4.69, 9.17) is 10.00 Å². The second-order valence-corrected chi connectivity index (χ2v) is 8.09. The zero-order valence-electron chi connectivity index (χ0n) is 17.5. The number of fused-ring (bicyclic) bond motifs is 1. The maximum atomic E-state index is 14.8. The second-order valence-electron chi connectivity index (χ2n) is 8.09. The molecule has 1 aromatic carbocycles. The zero-order valence-corrected chi connectivity index (χ0v) is 17.5. The molecule has 2 aliphatic rings. The van der Waals surface area contributed by atoms with E-state index in [0.717, 1.165) is 11.1 Å². The number of carbonyl (C=O) groups is 2. The van der Waals surface area contributed by atoms with Crippen LogP contribution in [0, 0.1) is 18.3 Å². The van der Waals surface area contributed by atoms with Gasteiger partial charge in [0.2, 0.25) is 0 Å². The SMILES string of the molecule is Cc1c([C@@H](O)CN2CC[C@H](NC(=O)c3ccc(C#N)cn3)[C@@H](F)C2)ccc2c1COC2=O. The minimum absolute atomic E-state index is 0.0778. The molecule has 0 aliphatic carbocycles. The number of amides is 1. The summed E-state index contributed by atoms with van der Waals surface area (Å²) >= 11 is 0. The number of aliphatic hydroxyl groups is 1. The number of nitrogens with zero attached hydrogens (tertiary/aromatic N) is 3. The van der Waals surface area contributed by atoms with Gasteiger partial charge in [-0.25, -0.2) is 14.2 Å². The summed E-state index contributed by atoms with van der Waals surface area (Å²) in [4.78, 5) is 29.8. The van der Waals surface area contributed by atoms with Gasteiger partial charge in [-0.1, -0.05) is 6.07 Å². The van der Waals surface area contributed by atoms with Crippen molar-refractivity contribution in [2.45, 2.75) is 38.3 Å². The van der Waals surface area contributed by atoms with E-state index in [2.05, 4.69) is 10.3 Å². The van der Waals surface area contributed by atoms with Gasteiger partial charge in [0.25, 0.3) is 5.91 Å². The van der Waals surface area contributed by atoms with Crippen LogP contribution in [0.25, 0.3) is 0 Å². The molecule has 166 valence electrons. The van der Waals surface area contributed by atoms with Crippen molar-refractivity contribution in [3.63, 3.8) is 0 Å². The molecule has 8 nitrogen and oxygen atoms in total. The normalized spacial score (nSPS) is 21.4. The molecule has 2 N–H and O–H groups in total. The molecule has 1 aromatic heterocycles. The summed E-state index contributed by atoms with van der Waals surface area (Å²) in [5, 5.41) is 22.2. The van der Waals surface area contributed by atoms with E-state index in [1.807, 2.05) is 17.9 Å².